The highest BCUT2D eigenvalue weighted by Crippen LogP contribution is 2.17. The molecular formula is C16H25NO2. The van der Waals surface area contributed by atoms with Gasteiger partial charge in [0.1, 0.15) is 0 Å². The summed E-state index contributed by atoms with van der Waals surface area (Å²) in [4.78, 5) is 15.3. The summed E-state index contributed by atoms with van der Waals surface area (Å²) in [6.45, 7) is 2.20. The molecule has 0 bridgehead atoms. The predicted octanol–water partition coefficient (Wildman–Crippen LogP) is 4.08. The second-order valence-electron chi connectivity index (χ2n) is 5.16. The van der Waals surface area contributed by atoms with Crippen LogP contribution >= 0.6 is 0 Å². The first-order valence-electron chi connectivity index (χ1n) is 7.35. The maximum atomic E-state index is 11.2. The average molecular weight is 263 g/mol. The third-order valence-electron chi connectivity index (χ3n) is 3.46. The van der Waals surface area contributed by atoms with Gasteiger partial charge in [-0.3, -0.25) is 9.78 Å². The van der Waals surface area contributed by atoms with E-state index >= 15 is 0 Å². The molecule has 0 radical (unpaired) electrons. The molecule has 1 N–H and O–H groups in total. The Balaban J connectivity index is 2.27. The Hall–Kier alpha value is -1.38. The molecule has 1 rings (SSSR count). The van der Waals surface area contributed by atoms with E-state index in [4.69, 9.17) is 0 Å². The molecule has 1 unspecified atom stereocenters. The van der Waals surface area contributed by atoms with Gasteiger partial charge in [-0.05, 0) is 24.5 Å². The van der Waals surface area contributed by atoms with Gasteiger partial charge < -0.3 is 5.11 Å². The minimum atomic E-state index is -0.683. The Morgan fingerprint density at radius 3 is 2.63 bits per heavy atom. The maximum Gasteiger partial charge on any atom is 0.306 e. The van der Waals surface area contributed by atoms with Crippen LogP contribution in [0.1, 0.15) is 57.4 Å². The van der Waals surface area contributed by atoms with Gasteiger partial charge >= 0.3 is 5.97 Å². The van der Waals surface area contributed by atoms with Crippen LogP contribution < -0.4 is 0 Å². The third kappa shape index (κ3) is 6.94. The molecule has 1 aromatic heterocycles. The number of aliphatic carboxylic acids is 1. The van der Waals surface area contributed by atoms with Gasteiger partial charge in [0.25, 0.3) is 0 Å². The van der Waals surface area contributed by atoms with Crippen LogP contribution in [-0.4, -0.2) is 16.1 Å². The van der Waals surface area contributed by atoms with Crippen LogP contribution in [0, 0.1) is 5.92 Å². The fourth-order valence-electron chi connectivity index (χ4n) is 2.29. The number of carboxylic acid groups (broad SMARTS) is 1. The Morgan fingerprint density at radius 1 is 1.26 bits per heavy atom. The van der Waals surface area contributed by atoms with Gasteiger partial charge in [0, 0.05) is 12.4 Å². The molecular weight excluding hydrogens is 238 g/mol. The number of pyridine rings is 1. The number of carboxylic acids is 1. The molecule has 0 saturated carbocycles. The van der Waals surface area contributed by atoms with Crippen molar-refractivity contribution in [1.82, 2.24) is 4.98 Å². The predicted molar refractivity (Wildman–Crippen MR) is 77.1 cm³/mol. The van der Waals surface area contributed by atoms with Crippen molar-refractivity contribution in [2.24, 2.45) is 5.92 Å². The lowest BCUT2D eigenvalue weighted by atomic mass is 9.94. The first-order chi connectivity index (χ1) is 9.24. The lowest BCUT2D eigenvalue weighted by molar-refractivity contribution is -0.142. The van der Waals surface area contributed by atoms with Crippen molar-refractivity contribution in [3.8, 4) is 0 Å². The zero-order valence-electron chi connectivity index (χ0n) is 11.8. The van der Waals surface area contributed by atoms with Gasteiger partial charge in [0.05, 0.1) is 5.92 Å². The third-order valence-corrected chi connectivity index (χ3v) is 3.46. The monoisotopic (exact) mass is 263 g/mol. The van der Waals surface area contributed by atoms with Gasteiger partial charge in [0.2, 0.25) is 0 Å². The number of rotatable bonds is 10. The first kappa shape index (κ1) is 15.7. The smallest absolute Gasteiger partial charge is 0.306 e. The molecule has 0 aliphatic heterocycles. The zero-order valence-corrected chi connectivity index (χ0v) is 11.8. The summed E-state index contributed by atoms with van der Waals surface area (Å²) in [5.41, 5.74) is 1.01. The van der Waals surface area contributed by atoms with Crippen molar-refractivity contribution >= 4 is 5.97 Å². The number of hydrogen-bond acceptors (Lipinski definition) is 2. The molecule has 0 saturated heterocycles. The summed E-state index contributed by atoms with van der Waals surface area (Å²) in [5, 5.41) is 9.25. The maximum absolute atomic E-state index is 11.2. The molecule has 0 amide bonds. The lowest BCUT2D eigenvalue weighted by Gasteiger charge is -2.12. The molecule has 19 heavy (non-hydrogen) atoms. The van der Waals surface area contributed by atoms with E-state index in [0.717, 1.165) is 24.8 Å². The topological polar surface area (TPSA) is 50.2 Å². The van der Waals surface area contributed by atoms with Crippen molar-refractivity contribution in [2.75, 3.05) is 0 Å². The number of carbonyl (C=O) groups is 1. The second kappa shape index (κ2) is 9.54. The van der Waals surface area contributed by atoms with Gasteiger partial charge in [-0.1, -0.05) is 51.5 Å². The van der Waals surface area contributed by atoms with Gasteiger partial charge in [-0.25, -0.2) is 0 Å². The fraction of sp³-hybridized carbons (Fsp3) is 0.625. The molecule has 106 valence electrons. The van der Waals surface area contributed by atoms with Crippen molar-refractivity contribution < 1.29 is 9.90 Å². The summed E-state index contributed by atoms with van der Waals surface area (Å²) in [6, 6.07) is 3.81. The van der Waals surface area contributed by atoms with E-state index in [9.17, 15) is 9.90 Å². The summed E-state index contributed by atoms with van der Waals surface area (Å²) < 4.78 is 0. The zero-order chi connectivity index (χ0) is 13.9. The SMILES string of the molecule is CCCCCCCCC(Cc1cccnc1)C(=O)O. The molecule has 3 nitrogen and oxygen atoms in total. The molecule has 0 spiro atoms. The molecule has 1 heterocycles. The minimum absolute atomic E-state index is 0.268. The molecule has 0 aliphatic carbocycles. The Kier molecular flexibility index (Phi) is 7.87. The normalized spacial score (nSPS) is 12.3. The largest absolute Gasteiger partial charge is 0.481 e. The number of unbranched alkanes of at least 4 members (excludes halogenated alkanes) is 5. The lowest BCUT2D eigenvalue weighted by Crippen LogP contribution is -2.16. The second-order valence-corrected chi connectivity index (χ2v) is 5.16. The Labute approximate surface area is 116 Å². The van der Waals surface area contributed by atoms with E-state index in [-0.39, 0.29) is 5.92 Å². The van der Waals surface area contributed by atoms with E-state index in [1.54, 1.807) is 12.4 Å². The van der Waals surface area contributed by atoms with E-state index in [2.05, 4.69) is 11.9 Å². The first-order valence-corrected chi connectivity index (χ1v) is 7.35. The Morgan fingerprint density at radius 2 is 2.00 bits per heavy atom. The van der Waals surface area contributed by atoms with Crippen molar-refractivity contribution in [2.45, 2.75) is 58.3 Å². The van der Waals surface area contributed by atoms with Crippen LogP contribution in [0.25, 0.3) is 0 Å². The molecule has 0 aromatic carbocycles. The highest BCUT2D eigenvalue weighted by Gasteiger charge is 2.17. The highest BCUT2D eigenvalue weighted by atomic mass is 16.4. The van der Waals surface area contributed by atoms with Crippen molar-refractivity contribution in [1.29, 1.82) is 0 Å². The molecule has 0 aliphatic rings. The quantitative estimate of drug-likeness (QED) is 0.647. The van der Waals surface area contributed by atoms with Crippen LogP contribution in [0.5, 0.6) is 0 Å². The van der Waals surface area contributed by atoms with Gasteiger partial charge in [-0.2, -0.15) is 0 Å². The van der Waals surface area contributed by atoms with Crippen LogP contribution in [0.4, 0.5) is 0 Å². The molecule has 1 aromatic rings. The standard InChI is InChI=1S/C16H25NO2/c1-2-3-4-5-6-7-10-15(16(18)19)12-14-9-8-11-17-13-14/h8-9,11,13,15H,2-7,10,12H2,1H3,(H,18,19). The number of aromatic nitrogens is 1. The van der Waals surface area contributed by atoms with Gasteiger partial charge in [-0.15, -0.1) is 0 Å². The fourth-order valence-corrected chi connectivity index (χ4v) is 2.29. The van der Waals surface area contributed by atoms with E-state index < -0.39 is 5.97 Å². The average Bonchev–Trinajstić information content (AvgIpc) is 2.42. The van der Waals surface area contributed by atoms with Crippen LogP contribution in [0.3, 0.4) is 0 Å². The summed E-state index contributed by atoms with van der Waals surface area (Å²) in [6.07, 6.45) is 12.1. The van der Waals surface area contributed by atoms with E-state index in [1.807, 2.05) is 12.1 Å². The minimum Gasteiger partial charge on any atom is -0.481 e. The summed E-state index contributed by atoms with van der Waals surface area (Å²) in [7, 11) is 0. The molecule has 0 fully saturated rings. The van der Waals surface area contributed by atoms with Crippen molar-refractivity contribution in [3.05, 3.63) is 30.1 Å². The number of hydrogen-bond donors (Lipinski definition) is 1. The van der Waals surface area contributed by atoms with Crippen LogP contribution in [-0.2, 0) is 11.2 Å². The van der Waals surface area contributed by atoms with Crippen LogP contribution in [0.15, 0.2) is 24.5 Å². The van der Waals surface area contributed by atoms with Gasteiger partial charge in [0.15, 0.2) is 0 Å². The van der Waals surface area contributed by atoms with Crippen molar-refractivity contribution in [3.63, 3.8) is 0 Å². The molecule has 1 atom stereocenters. The van der Waals surface area contributed by atoms with E-state index in [1.165, 1.54) is 25.7 Å². The van der Waals surface area contributed by atoms with Crippen LogP contribution in [0.2, 0.25) is 0 Å². The molecule has 3 heteroatoms. The van der Waals surface area contributed by atoms with E-state index in [0.29, 0.717) is 6.42 Å². The number of nitrogens with zero attached hydrogens (tertiary/aromatic N) is 1. The summed E-state index contributed by atoms with van der Waals surface area (Å²) >= 11 is 0. The highest BCUT2D eigenvalue weighted by molar-refractivity contribution is 5.70. The Bertz CT molecular complexity index is 351. The summed E-state index contributed by atoms with van der Waals surface area (Å²) in [5.74, 6) is -0.951.